The molecule has 1 aliphatic rings. The smallest absolute Gasteiger partial charge is 0.490 e. The largest absolute Gasteiger partial charge is 0.573 e. The highest BCUT2D eigenvalue weighted by Gasteiger charge is 2.32. The summed E-state index contributed by atoms with van der Waals surface area (Å²) in [4.78, 5) is 15.5. The van der Waals surface area contributed by atoms with Crippen molar-refractivity contribution in [3.05, 3.63) is 35.9 Å². The Morgan fingerprint density at radius 1 is 1.23 bits per heavy atom. The number of aliphatic imine (C=N–C) groups is 1. The number of benzene rings is 1. The van der Waals surface area contributed by atoms with Gasteiger partial charge in [-0.1, -0.05) is 11.6 Å². The summed E-state index contributed by atoms with van der Waals surface area (Å²) in [5.41, 5.74) is -0.645. The van der Waals surface area contributed by atoms with Gasteiger partial charge >= 0.3 is 6.36 Å². The number of carbonyl (C=O) groups is 1. The number of nitriles is 1. The Balaban J connectivity index is 1.90. The first-order valence-electron chi connectivity index (χ1n) is 9.13. The number of amides is 1. The molecule has 11 heteroatoms. The number of halogens is 4. The van der Waals surface area contributed by atoms with E-state index in [9.17, 15) is 18.0 Å². The lowest BCUT2D eigenvalue weighted by Crippen LogP contribution is -2.25. The summed E-state index contributed by atoms with van der Waals surface area (Å²) < 4.78 is 47.1. The summed E-state index contributed by atoms with van der Waals surface area (Å²) in [6.07, 6.45) is 0.951. The van der Waals surface area contributed by atoms with Crippen LogP contribution in [0.4, 0.5) is 13.2 Å². The number of carbonyl (C=O) groups excluding carboxylic acids is 1. The Morgan fingerprint density at radius 3 is 2.48 bits per heavy atom. The zero-order valence-corrected chi connectivity index (χ0v) is 16.8. The standard InChI is InChI=1S/C20H18ClF3N4O3/c21-18(27)8-7-16(26)19(29)28-11-12-1-4-14(5-2-12)30-15-6-3-13(10-25)17(9-15)31-20(22,23)24/h3,6-9,11-12,14,26-27H,1-2,4-5H2/b8-7-,26-16?,27-18?,28-11?. The average molecular weight is 455 g/mol. The van der Waals surface area contributed by atoms with Crippen LogP contribution in [-0.2, 0) is 4.79 Å². The number of nitrogens with one attached hydrogen (secondary N) is 2. The first-order valence-corrected chi connectivity index (χ1v) is 9.51. The van der Waals surface area contributed by atoms with E-state index < -0.39 is 23.7 Å². The maximum Gasteiger partial charge on any atom is 0.573 e. The molecular weight excluding hydrogens is 437 g/mol. The van der Waals surface area contributed by atoms with Crippen molar-refractivity contribution in [2.75, 3.05) is 0 Å². The Morgan fingerprint density at radius 2 is 1.90 bits per heavy atom. The number of hydrogen-bond acceptors (Lipinski definition) is 6. The first kappa shape index (κ1) is 24.1. The van der Waals surface area contributed by atoms with Crippen molar-refractivity contribution in [1.29, 1.82) is 16.1 Å². The van der Waals surface area contributed by atoms with E-state index in [1.165, 1.54) is 18.3 Å². The molecule has 0 saturated heterocycles. The van der Waals surface area contributed by atoms with Crippen molar-refractivity contribution < 1.29 is 27.4 Å². The van der Waals surface area contributed by atoms with Gasteiger partial charge in [-0.15, -0.1) is 13.2 Å². The highest BCUT2D eigenvalue weighted by atomic mass is 35.5. The molecule has 1 aliphatic carbocycles. The van der Waals surface area contributed by atoms with Crippen LogP contribution in [0.5, 0.6) is 11.5 Å². The molecule has 0 heterocycles. The van der Waals surface area contributed by atoms with Gasteiger partial charge in [0.2, 0.25) is 0 Å². The minimum atomic E-state index is -4.92. The summed E-state index contributed by atoms with van der Waals surface area (Å²) >= 11 is 5.32. The zero-order valence-electron chi connectivity index (χ0n) is 16.1. The van der Waals surface area contributed by atoms with Crippen LogP contribution in [-0.4, -0.2) is 35.5 Å². The summed E-state index contributed by atoms with van der Waals surface area (Å²) in [5, 5.41) is 23.2. The monoisotopic (exact) mass is 454 g/mol. The van der Waals surface area contributed by atoms with Crippen molar-refractivity contribution in [3.8, 4) is 17.6 Å². The molecule has 0 atom stereocenters. The summed E-state index contributed by atoms with van der Waals surface area (Å²) in [5.74, 6) is -1.21. The molecule has 2 rings (SSSR count). The molecule has 0 aliphatic heterocycles. The van der Waals surface area contributed by atoms with Gasteiger partial charge in [-0.25, -0.2) is 4.99 Å². The third kappa shape index (κ3) is 8.22. The quantitative estimate of drug-likeness (QED) is 0.576. The van der Waals surface area contributed by atoms with Gasteiger partial charge in [0, 0.05) is 12.3 Å². The highest BCUT2D eigenvalue weighted by Crippen LogP contribution is 2.32. The lowest BCUT2D eigenvalue weighted by molar-refractivity contribution is -0.274. The van der Waals surface area contributed by atoms with Crippen molar-refractivity contribution in [2.24, 2.45) is 10.9 Å². The van der Waals surface area contributed by atoms with Gasteiger partial charge in [0.25, 0.3) is 5.91 Å². The number of nitrogens with zero attached hydrogens (tertiary/aromatic N) is 2. The molecule has 0 aromatic heterocycles. The van der Waals surface area contributed by atoms with E-state index in [0.29, 0.717) is 25.7 Å². The van der Waals surface area contributed by atoms with E-state index in [2.05, 4.69) is 9.73 Å². The van der Waals surface area contributed by atoms with E-state index in [4.69, 9.17) is 32.4 Å². The maximum atomic E-state index is 12.5. The van der Waals surface area contributed by atoms with Crippen LogP contribution in [0.3, 0.4) is 0 Å². The predicted octanol–water partition coefficient (Wildman–Crippen LogP) is 4.78. The van der Waals surface area contributed by atoms with Crippen LogP contribution in [0.1, 0.15) is 31.2 Å². The molecule has 0 radical (unpaired) electrons. The minimum absolute atomic E-state index is 0.00278. The summed E-state index contributed by atoms with van der Waals surface area (Å²) in [7, 11) is 0. The third-order valence-corrected chi connectivity index (χ3v) is 4.48. The molecule has 7 nitrogen and oxygen atoms in total. The fourth-order valence-corrected chi connectivity index (χ4v) is 2.96. The second-order valence-corrected chi connectivity index (χ2v) is 7.06. The fraction of sp³-hybridized carbons (Fsp3) is 0.350. The molecule has 0 spiro atoms. The van der Waals surface area contributed by atoms with E-state index in [1.807, 2.05) is 0 Å². The van der Waals surface area contributed by atoms with Crippen molar-refractivity contribution in [1.82, 2.24) is 0 Å². The molecule has 1 saturated carbocycles. The Bertz CT molecular complexity index is 946. The molecule has 164 valence electrons. The predicted molar refractivity (Wildman–Crippen MR) is 108 cm³/mol. The second kappa shape index (κ2) is 10.7. The lowest BCUT2D eigenvalue weighted by Gasteiger charge is -2.27. The lowest BCUT2D eigenvalue weighted by atomic mass is 9.88. The molecule has 1 aromatic rings. The van der Waals surface area contributed by atoms with Gasteiger partial charge in [-0.2, -0.15) is 5.26 Å². The number of rotatable bonds is 7. The van der Waals surface area contributed by atoms with Gasteiger partial charge < -0.3 is 9.47 Å². The molecule has 0 bridgehead atoms. The van der Waals surface area contributed by atoms with Gasteiger partial charge in [-0.05, 0) is 55.9 Å². The number of alkyl halides is 3. The second-order valence-electron chi connectivity index (χ2n) is 6.65. The molecule has 31 heavy (non-hydrogen) atoms. The Hall–Kier alpha value is -3.19. The van der Waals surface area contributed by atoms with Crippen LogP contribution in [0.15, 0.2) is 35.3 Å². The fourth-order valence-electron chi connectivity index (χ4n) is 2.90. The van der Waals surface area contributed by atoms with Gasteiger partial charge in [0.05, 0.1) is 11.7 Å². The highest BCUT2D eigenvalue weighted by molar-refractivity contribution is 6.67. The molecule has 2 N–H and O–H groups in total. The Labute approximate surface area is 181 Å². The third-order valence-electron chi connectivity index (χ3n) is 4.35. The minimum Gasteiger partial charge on any atom is -0.490 e. The molecule has 1 aromatic carbocycles. The van der Waals surface area contributed by atoms with Gasteiger partial charge in [-0.3, -0.25) is 15.6 Å². The van der Waals surface area contributed by atoms with Crippen molar-refractivity contribution in [2.45, 2.75) is 38.1 Å². The average Bonchev–Trinajstić information content (AvgIpc) is 2.70. The van der Waals surface area contributed by atoms with E-state index >= 15 is 0 Å². The van der Waals surface area contributed by atoms with Crippen molar-refractivity contribution in [3.63, 3.8) is 0 Å². The number of allylic oxidation sites excluding steroid dienone is 1. The topological polar surface area (TPSA) is 119 Å². The zero-order chi connectivity index (χ0) is 23.0. The molecular formula is C20H18ClF3N4O3. The summed E-state index contributed by atoms with van der Waals surface area (Å²) in [6, 6.07) is 5.29. The maximum absolute atomic E-state index is 12.5. The van der Waals surface area contributed by atoms with E-state index in [-0.39, 0.29) is 28.5 Å². The first-order chi connectivity index (χ1) is 14.6. The van der Waals surface area contributed by atoms with Crippen LogP contribution in [0, 0.1) is 28.1 Å². The SMILES string of the molecule is N#Cc1ccc(OC2CCC(C=NC(=O)C(=N)/C=C\C(=N)Cl)CC2)cc1OC(F)(F)F. The van der Waals surface area contributed by atoms with Crippen LogP contribution in [0.2, 0.25) is 0 Å². The van der Waals surface area contributed by atoms with E-state index in [1.54, 1.807) is 6.07 Å². The van der Waals surface area contributed by atoms with Gasteiger partial charge in [0.15, 0.2) is 5.75 Å². The molecule has 0 unspecified atom stereocenters. The number of hydrogen-bond donors (Lipinski definition) is 2. The van der Waals surface area contributed by atoms with Crippen molar-refractivity contribution >= 4 is 34.6 Å². The van der Waals surface area contributed by atoms with Gasteiger partial charge in [0.1, 0.15) is 22.7 Å². The normalized spacial score (nSPS) is 19.2. The summed E-state index contributed by atoms with van der Waals surface area (Å²) in [6.45, 7) is 0. The number of ether oxygens (including phenoxy) is 2. The van der Waals surface area contributed by atoms with Crippen LogP contribution < -0.4 is 9.47 Å². The Kier molecular flexibility index (Phi) is 8.33. The molecule has 1 amide bonds. The van der Waals surface area contributed by atoms with E-state index in [0.717, 1.165) is 18.2 Å². The molecule has 1 fully saturated rings. The van der Waals surface area contributed by atoms with Crippen LogP contribution >= 0.6 is 11.6 Å². The van der Waals surface area contributed by atoms with Crippen LogP contribution in [0.25, 0.3) is 0 Å².